The molecule has 8 heteroatoms. The molecule has 0 unspecified atom stereocenters. The lowest BCUT2D eigenvalue weighted by molar-refractivity contribution is -0.134. The molecule has 2 aromatic rings. The van der Waals surface area contributed by atoms with Gasteiger partial charge >= 0.3 is 0 Å². The molecule has 0 spiro atoms. The quantitative estimate of drug-likeness (QED) is 0.830. The first-order valence-corrected chi connectivity index (χ1v) is 7.06. The molecule has 0 radical (unpaired) electrons. The average Bonchev–Trinajstić information content (AvgIpc) is 2.94. The van der Waals surface area contributed by atoms with Gasteiger partial charge in [0.05, 0.1) is 31.6 Å². The Hall–Kier alpha value is -2.48. The lowest BCUT2D eigenvalue weighted by Gasteiger charge is -2.26. The van der Waals surface area contributed by atoms with Gasteiger partial charge in [-0.3, -0.25) is 9.59 Å². The van der Waals surface area contributed by atoms with Gasteiger partial charge in [0, 0.05) is 26.3 Å². The molecule has 2 amide bonds. The van der Waals surface area contributed by atoms with E-state index in [1.54, 1.807) is 28.1 Å². The summed E-state index contributed by atoms with van der Waals surface area (Å²) in [6, 6.07) is 1.60. The van der Waals surface area contributed by atoms with Crippen LogP contribution in [0.15, 0.2) is 18.6 Å². The SMILES string of the molecule is Cn1cnc2c(C(=O)NCC(=O)N3CCOCC3)ccnc21. The molecule has 1 saturated heterocycles. The predicted octanol–water partition coefficient (Wildman–Crippen LogP) is -0.443. The van der Waals surface area contributed by atoms with Crippen molar-refractivity contribution < 1.29 is 14.3 Å². The third kappa shape index (κ3) is 2.77. The number of carbonyl (C=O) groups is 2. The molecular formula is C14H17N5O3. The number of nitrogens with one attached hydrogen (secondary N) is 1. The topological polar surface area (TPSA) is 89.4 Å². The van der Waals surface area contributed by atoms with Gasteiger partial charge in [0.2, 0.25) is 5.91 Å². The summed E-state index contributed by atoms with van der Waals surface area (Å²) in [5.74, 6) is -0.435. The third-order valence-corrected chi connectivity index (χ3v) is 3.61. The van der Waals surface area contributed by atoms with E-state index in [-0.39, 0.29) is 18.4 Å². The number of pyridine rings is 1. The first-order valence-electron chi connectivity index (χ1n) is 7.06. The Labute approximate surface area is 127 Å². The second-order valence-corrected chi connectivity index (χ2v) is 5.06. The van der Waals surface area contributed by atoms with E-state index in [2.05, 4.69) is 15.3 Å². The number of hydrogen-bond acceptors (Lipinski definition) is 5. The van der Waals surface area contributed by atoms with E-state index in [9.17, 15) is 9.59 Å². The van der Waals surface area contributed by atoms with E-state index in [1.807, 2.05) is 7.05 Å². The van der Waals surface area contributed by atoms with E-state index in [1.165, 1.54) is 0 Å². The van der Waals surface area contributed by atoms with E-state index in [0.717, 1.165) is 0 Å². The molecule has 22 heavy (non-hydrogen) atoms. The number of morpholine rings is 1. The number of carbonyl (C=O) groups excluding carboxylic acids is 2. The Morgan fingerprint density at radius 1 is 1.32 bits per heavy atom. The van der Waals surface area contributed by atoms with E-state index < -0.39 is 0 Å². The normalized spacial score (nSPS) is 15.0. The third-order valence-electron chi connectivity index (χ3n) is 3.61. The van der Waals surface area contributed by atoms with Gasteiger partial charge in [-0.2, -0.15) is 0 Å². The van der Waals surface area contributed by atoms with Gasteiger partial charge in [-0.25, -0.2) is 9.97 Å². The first-order chi connectivity index (χ1) is 10.7. The summed E-state index contributed by atoms with van der Waals surface area (Å²) >= 11 is 0. The minimum atomic E-state index is -0.326. The maximum absolute atomic E-state index is 12.3. The molecule has 1 aliphatic heterocycles. The fourth-order valence-corrected chi connectivity index (χ4v) is 2.39. The van der Waals surface area contributed by atoms with Crippen molar-refractivity contribution in [3.63, 3.8) is 0 Å². The molecule has 3 rings (SSSR count). The second kappa shape index (κ2) is 6.10. The first kappa shape index (κ1) is 14.5. The molecule has 1 fully saturated rings. The highest BCUT2D eigenvalue weighted by Crippen LogP contribution is 2.13. The number of imidazole rings is 1. The molecule has 0 saturated carbocycles. The number of fused-ring (bicyclic) bond motifs is 1. The van der Waals surface area contributed by atoms with Crippen LogP contribution in [-0.4, -0.2) is 64.1 Å². The van der Waals surface area contributed by atoms with Crippen molar-refractivity contribution in [2.24, 2.45) is 7.05 Å². The number of aromatic nitrogens is 3. The van der Waals surface area contributed by atoms with Crippen LogP contribution in [-0.2, 0) is 16.6 Å². The molecule has 3 heterocycles. The van der Waals surface area contributed by atoms with Gasteiger partial charge in [-0.15, -0.1) is 0 Å². The lowest BCUT2D eigenvalue weighted by Crippen LogP contribution is -2.45. The molecule has 2 aromatic heterocycles. The van der Waals surface area contributed by atoms with Gasteiger partial charge in [0.25, 0.3) is 5.91 Å². The minimum absolute atomic E-state index is 0.0323. The van der Waals surface area contributed by atoms with Gasteiger partial charge in [0.1, 0.15) is 5.52 Å². The van der Waals surface area contributed by atoms with Crippen LogP contribution < -0.4 is 5.32 Å². The van der Waals surface area contributed by atoms with Crippen molar-refractivity contribution in [3.05, 3.63) is 24.2 Å². The van der Waals surface area contributed by atoms with Gasteiger partial charge in [-0.05, 0) is 6.07 Å². The standard InChI is InChI=1S/C14H17N5O3/c1-18-9-17-12-10(2-3-15-13(12)18)14(21)16-8-11(20)19-4-6-22-7-5-19/h2-3,9H,4-8H2,1H3,(H,16,21). The van der Waals surface area contributed by atoms with Crippen molar-refractivity contribution >= 4 is 23.0 Å². The maximum atomic E-state index is 12.3. The maximum Gasteiger partial charge on any atom is 0.254 e. The van der Waals surface area contributed by atoms with Crippen LogP contribution in [0, 0.1) is 0 Å². The van der Waals surface area contributed by atoms with E-state index in [0.29, 0.717) is 43.0 Å². The zero-order valence-electron chi connectivity index (χ0n) is 12.3. The monoisotopic (exact) mass is 303 g/mol. The number of hydrogen-bond donors (Lipinski definition) is 1. The molecule has 0 aliphatic carbocycles. The lowest BCUT2D eigenvalue weighted by atomic mass is 10.2. The summed E-state index contributed by atoms with van der Waals surface area (Å²) in [5, 5.41) is 2.65. The Morgan fingerprint density at radius 2 is 2.09 bits per heavy atom. The van der Waals surface area contributed by atoms with Crippen LogP contribution in [0.25, 0.3) is 11.2 Å². The molecule has 8 nitrogen and oxygen atoms in total. The van der Waals surface area contributed by atoms with Crippen molar-refractivity contribution in [2.45, 2.75) is 0 Å². The number of ether oxygens (including phenoxy) is 1. The summed E-state index contributed by atoms with van der Waals surface area (Å²) < 4.78 is 6.94. The molecule has 0 aromatic carbocycles. The summed E-state index contributed by atoms with van der Waals surface area (Å²) in [4.78, 5) is 34.4. The zero-order valence-corrected chi connectivity index (χ0v) is 12.3. The summed E-state index contributed by atoms with van der Waals surface area (Å²) in [7, 11) is 1.81. The average molecular weight is 303 g/mol. The largest absolute Gasteiger partial charge is 0.378 e. The van der Waals surface area contributed by atoms with Crippen LogP contribution in [0.2, 0.25) is 0 Å². The van der Waals surface area contributed by atoms with Crippen molar-refractivity contribution in [1.82, 2.24) is 24.8 Å². The van der Waals surface area contributed by atoms with Crippen molar-refractivity contribution in [1.29, 1.82) is 0 Å². The molecule has 1 N–H and O–H groups in total. The smallest absolute Gasteiger partial charge is 0.254 e. The summed E-state index contributed by atoms with van der Waals surface area (Å²) in [5.41, 5.74) is 1.58. The molecule has 0 bridgehead atoms. The highest BCUT2D eigenvalue weighted by atomic mass is 16.5. The fraction of sp³-hybridized carbons (Fsp3) is 0.429. The van der Waals surface area contributed by atoms with Crippen LogP contribution in [0.3, 0.4) is 0 Å². The van der Waals surface area contributed by atoms with E-state index >= 15 is 0 Å². The summed E-state index contributed by atoms with van der Waals surface area (Å²) in [6.07, 6.45) is 3.16. The van der Waals surface area contributed by atoms with Gasteiger partial charge in [0.15, 0.2) is 5.65 Å². The minimum Gasteiger partial charge on any atom is -0.378 e. The predicted molar refractivity (Wildman–Crippen MR) is 78.2 cm³/mol. The van der Waals surface area contributed by atoms with Gasteiger partial charge < -0.3 is 19.5 Å². The number of amides is 2. The highest BCUT2D eigenvalue weighted by Gasteiger charge is 2.19. The van der Waals surface area contributed by atoms with E-state index in [4.69, 9.17) is 4.74 Å². The molecule has 1 aliphatic rings. The molecule has 0 atom stereocenters. The van der Waals surface area contributed by atoms with Crippen LogP contribution >= 0.6 is 0 Å². The van der Waals surface area contributed by atoms with Crippen molar-refractivity contribution in [3.8, 4) is 0 Å². The van der Waals surface area contributed by atoms with Crippen molar-refractivity contribution in [2.75, 3.05) is 32.8 Å². The Balaban J connectivity index is 1.67. The van der Waals surface area contributed by atoms with Gasteiger partial charge in [-0.1, -0.05) is 0 Å². The number of nitrogens with zero attached hydrogens (tertiary/aromatic N) is 4. The second-order valence-electron chi connectivity index (χ2n) is 5.06. The zero-order chi connectivity index (χ0) is 15.5. The van der Waals surface area contributed by atoms with Crippen LogP contribution in [0.4, 0.5) is 0 Å². The Kier molecular flexibility index (Phi) is 4.01. The van der Waals surface area contributed by atoms with Crippen LogP contribution in [0.5, 0.6) is 0 Å². The fourth-order valence-electron chi connectivity index (χ4n) is 2.39. The molecule has 116 valence electrons. The number of rotatable bonds is 3. The Morgan fingerprint density at radius 3 is 2.86 bits per heavy atom. The Bertz CT molecular complexity index is 706. The number of aryl methyl sites for hydroxylation is 1. The summed E-state index contributed by atoms with van der Waals surface area (Å²) in [6.45, 7) is 2.18. The highest BCUT2D eigenvalue weighted by molar-refractivity contribution is 6.05. The van der Waals surface area contributed by atoms with Crippen LogP contribution in [0.1, 0.15) is 10.4 Å². The molecular weight excluding hydrogens is 286 g/mol.